The van der Waals surface area contributed by atoms with Crippen LogP contribution in [0, 0.1) is 0 Å². The van der Waals surface area contributed by atoms with Crippen LogP contribution in [0.15, 0.2) is 101 Å². The van der Waals surface area contributed by atoms with E-state index in [1.165, 1.54) is 22.1 Å². The van der Waals surface area contributed by atoms with E-state index < -0.39 is 0 Å². The van der Waals surface area contributed by atoms with E-state index in [0.717, 1.165) is 33.3 Å². The zero-order valence-electron chi connectivity index (χ0n) is 17.6. The number of benzene rings is 4. The van der Waals surface area contributed by atoms with Crippen LogP contribution in [-0.2, 0) is 6.61 Å². The molecule has 0 atom stereocenters. The lowest BCUT2D eigenvalue weighted by Gasteiger charge is -2.09. The first-order valence-electron chi connectivity index (χ1n) is 10.4. The third-order valence-electron chi connectivity index (χ3n) is 5.15. The predicted octanol–water partition coefficient (Wildman–Crippen LogP) is 7.64. The van der Waals surface area contributed by atoms with Gasteiger partial charge in [0.15, 0.2) is 0 Å². The molecule has 4 nitrogen and oxygen atoms in total. The van der Waals surface area contributed by atoms with Gasteiger partial charge in [-0.2, -0.15) is 5.10 Å². The summed E-state index contributed by atoms with van der Waals surface area (Å²) in [7, 11) is 0. The van der Waals surface area contributed by atoms with Crippen LogP contribution in [0.4, 0.5) is 5.13 Å². The average molecular weight is 470 g/mol. The number of ether oxygens (including phenoxy) is 1. The summed E-state index contributed by atoms with van der Waals surface area (Å²) in [5.74, 6) is 0.797. The van der Waals surface area contributed by atoms with E-state index in [1.54, 1.807) is 6.21 Å². The molecule has 0 aliphatic heterocycles. The number of anilines is 1. The number of fused-ring (bicyclic) bond motifs is 1. The van der Waals surface area contributed by atoms with Crippen LogP contribution in [0.5, 0.6) is 5.75 Å². The van der Waals surface area contributed by atoms with Gasteiger partial charge in [-0.05, 0) is 46.2 Å². The molecule has 33 heavy (non-hydrogen) atoms. The molecule has 0 saturated carbocycles. The summed E-state index contributed by atoms with van der Waals surface area (Å²) >= 11 is 7.46. The largest absolute Gasteiger partial charge is 0.489 e. The molecule has 5 rings (SSSR count). The number of aromatic nitrogens is 1. The SMILES string of the molecule is Clc1ccc(-c2csc(N/N=C\c3cccc(OCc4cccc5ccccc45)c3)n2)cc1. The number of hydrogen-bond donors (Lipinski definition) is 1. The minimum Gasteiger partial charge on any atom is -0.489 e. The summed E-state index contributed by atoms with van der Waals surface area (Å²) in [6.45, 7) is 0.507. The van der Waals surface area contributed by atoms with E-state index >= 15 is 0 Å². The van der Waals surface area contributed by atoms with Crippen molar-refractivity contribution in [2.45, 2.75) is 6.61 Å². The van der Waals surface area contributed by atoms with Crippen molar-refractivity contribution in [3.8, 4) is 17.0 Å². The van der Waals surface area contributed by atoms with Crippen LogP contribution in [0.3, 0.4) is 0 Å². The van der Waals surface area contributed by atoms with Gasteiger partial charge < -0.3 is 4.74 Å². The van der Waals surface area contributed by atoms with Crippen molar-refractivity contribution >= 4 is 45.1 Å². The monoisotopic (exact) mass is 469 g/mol. The van der Waals surface area contributed by atoms with Crippen LogP contribution in [0.1, 0.15) is 11.1 Å². The van der Waals surface area contributed by atoms with E-state index in [1.807, 2.05) is 60.0 Å². The normalized spacial score (nSPS) is 11.2. The van der Waals surface area contributed by atoms with Crippen molar-refractivity contribution in [1.82, 2.24) is 4.98 Å². The van der Waals surface area contributed by atoms with E-state index in [4.69, 9.17) is 16.3 Å². The van der Waals surface area contributed by atoms with Crippen LogP contribution >= 0.6 is 22.9 Å². The standard InChI is InChI=1S/C27H20ClN3OS/c28-23-13-11-21(12-14-23)26-18-33-27(30-26)31-29-16-19-5-3-9-24(15-19)32-17-22-8-4-7-20-6-1-2-10-25(20)22/h1-16,18H,17H2,(H,30,31)/b29-16-. The molecule has 0 aliphatic rings. The average Bonchev–Trinajstić information content (AvgIpc) is 3.32. The lowest BCUT2D eigenvalue weighted by molar-refractivity contribution is 0.307. The Kier molecular flexibility index (Phi) is 6.33. The first-order chi connectivity index (χ1) is 16.2. The topological polar surface area (TPSA) is 46.5 Å². The maximum absolute atomic E-state index is 6.06. The van der Waals surface area contributed by atoms with Gasteiger partial charge in [0.2, 0.25) is 5.13 Å². The number of rotatable bonds is 7. The molecule has 4 aromatic carbocycles. The molecule has 0 bridgehead atoms. The second-order valence-corrected chi connectivity index (χ2v) is 8.71. The van der Waals surface area contributed by atoms with Crippen LogP contribution in [0.25, 0.3) is 22.0 Å². The Balaban J connectivity index is 1.22. The maximum Gasteiger partial charge on any atom is 0.203 e. The molecule has 1 N–H and O–H groups in total. The fourth-order valence-electron chi connectivity index (χ4n) is 3.50. The molecular weight excluding hydrogens is 450 g/mol. The quantitative estimate of drug-likeness (QED) is 0.197. The molecule has 0 unspecified atom stereocenters. The predicted molar refractivity (Wildman–Crippen MR) is 138 cm³/mol. The fourth-order valence-corrected chi connectivity index (χ4v) is 4.30. The number of thiazole rings is 1. The molecule has 0 saturated heterocycles. The molecule has 0 amide bonds. The van der Waals surface area contributed by atoms with Gasteiger partial charge in [-0.1, -0.05) is 78.3 Å². The summed E-state index contributed by atoms with van der Waals surface area (Å²) in [4.78, 5) is 4.57. The van der Waals surface area contributed by atoms with Crippen molar-refractivity contribution in [2.75, 3.05) is 5.43 Å². The number of nitrogens with one attached hydrogen (secondary N) is 1. The summed E-state index contributed by atoms with van der Waals surface area (Å²) < 4.78 is 6.06. The molecule has 0 fully saturated rings. The molecule has 6 heteroatoms. The Bertz CT molecular complexity index is 1410. The third-order valence-corrected chi connectivity index (χ3v) is 6.15. The number of hydrazone groups is 1. The van der Waals surface area contributed by atoms with Crippen LogP contribution in [0.2, 0.25) is 5.02 Å². The number of hydrogen-bond acceptors (Lipinski definition) is 5. The zero-order chi connectivity index (χ0) is 22.5. The van der Waals surface area contributed by atoms with Gasteiger partial charge in [0, 0.05) is 16.0 Å². The molecule has 0 radical (unpaired) electrons. The highest BCUT2D eigenvalue weighted by Crippen LogP contribution is 2.26. The zero-order valence-corrected chi connectivity index (χ0v) is 19.2. The number of halogens is 1. The van der Waals surface area contributed by atoms with Crippen molar-refractivity contribution in [3.63, 3.8) is 0 Å². The lowest BCUT2D eigenvalue weighted by atomic mass is 10.1. The van der Waals surface area contributed by atoms with Crippen LogP contribution < -0.4 is 10.2 Å². The Labute approximate surface area is 201 Å². The summed E-state index contributed by atoms with van der Waals surface area (Å²) in [5.41, 5.74) is 7.01. The van der Waals surface area contributed by atoms with Crippen molar-refractivity contribution < 1.29 is 4.74 Å². The molecule has 1 aromatic heterocycles. The van der Waals surface area contributed by atoms with Crippen molar-refractivity contribution in [3.05, 3.63) is 113 Å². The van der Waals surface area contributed by atoms with Gasteiger partial charge in [-0.25, -0.2) is 4.98 Å². The third kappa shape index (κ3) is 5.22. The minimum absolute atomic E-state index is 0.507. The number of nitrogens with zero attached hydrogens (tertiary/aromatic N) is 2. The molecular formula is C27H20ClN3OS. The van der Waals surface area contributed by atoms with E-state index in [-0.39, 0.29) is 0 Å². The van der Waals surface area contributed by atoms with Gasteiger partial charge in [0.25, 0.3) is 0 Å². The molecule has 0 aliphatic carbocycles. The van der Waals surface area contributed by atoms with Gasteiger partial charge in [-0.15, -0.1) is 11.3 Å². The Hall–Kier alpha value is -3.67. The van der Waals surface area contributed by atoms with Gasteiger partial charge >= 0.3 is 0 Å². The minimum atomic E-state index is 0.507. The van der Waals surface area contributed by atoms with Crippen LogP contribution in [-0.4, -0.2) is 11.2 Å². The Morgan fingerprint density at radius 2 is 1.76 bits per heavy atom. The molecule has 1 heterocycles. The van der Waals surface area contributed by atoms with Gasteiger partial charge in [0.05, 0.1) is 11.9 Å². The summed E-state index contributed by atoms with van der Waals surface area (Å²) in [6, 6.07) is 30.1. The van der Waals surface area contributed by atoms with Crippen molar-refractivity contribution in [1.29, 1.82) is 0 Å². The van der Waals surface area contributed by atoms with E-state index in [2.05, 4.69) is 51.9 Å². The molecule has 0 spiro atoms. The fraction of sp³-hybridized carbons (Fsp3) is 0.0370. The van der Waals surface area contributed by atoms with Gasteiger partial charge in [0.1, 0.15) is 12.4 Å². The van der Waals surface area contributed by atoms with Gasteiger partial charge in [-0.3, -0.25) is 5.43 Å². The molecule has 162 valence electrons. The first-order valence-corrected chi connectivity index (χ1v) is 11.7. The Morgan fingerprint density at radius 1 is 0.939 bits per heavy atom. The highest BCUT2D eigenvalue weighted by Gasteiger charge is 2.04. The second kappa shape index (κ2) is 9.86. The highest BCUT2D eigenvalue weighted by molar-refractivity contribution is 7.14. The highest BCUT2D eigenvalue weighted by atomic mass is 35.5. The Morgan fingerprint density at radius 3 is 2.67 bits per heavy atom. The second-order valence-electron chi connectivity index (χ2n) is 7.41. The molecule has 5 aromatic rings. The summed E-state index contributed by atoms with van der Waals surface area (Å²) in [6.07, 6.45) is 1.76. The maximum atomic E-state index is 6.06. The summed E-state index contributed by atoms with van der Waals surface area (Å²) in [5, 5.41) is 10.2. The van der Waals surface area contributed by atoms with E-state index in [9.17, 15) is 0 Å². The first kappa shape index (κ1) is 21.2. The smallest absolute Gasteiger partial charge is 0.203 e. The lowest BCUT2D eigenvalue weighted by Crippen LogP contribution is -1.97. The van der Waals surface area contributed by atoms with E-state index in [0.29, 0.717) is 11.6 Å². The van der Waals surface area contributed by atoms with Crippen molar-refractivity contribution in [2.24, 2.45) is 5.10 Å².